The van der Waals surface area contributed by atoms with Gasteiger partial charge in [-0.1, -0.05) is 35.3 Å². The smallest absolute Gasteiger partial charge is 0.314 e. The summed E-state index contributed by atoms with van der Waals surface area (Å²) in [6.45, 7) is 3.71. The number of benzene rings is 2. The Morgan fingerprint density at radius 3 is 2.27 bits per heavy atom. The van der Waals surface area contributed by atoms with E-state index in [2.05, 4.69) is 10.6 Å². The topological polar surface area (TPSA) is 58.2 Å². The van der Waals surface area contributed by atoms with Crippen LogP contribution in [0.25, 0.3) is 0 Å². The minimum absolute atomic E-state index is 0.390. The number of hydrogen-bond acceptors (Lipinski definition) is 2. The van der Waals surface area contributed by atoms with Crippen LogP contribution < -0.4 is 10.6 Å². The lowest BCUT2D eigenvalue weighted by Gasteiger charge is -2.11. The molecule has 0 atom stereocenters. The fraction of sp³-hybridized carbons (Fsp3) is 0.125. The third kappa shape index (κ3) is 4.00. The predicted molar refractivity (Wildman–Crippen MR) is 89.6 cm³/mol. The third-order valence-electron chi connectivity index (χ3n) is 2.96. The molecule has 0 bridgehead atoms. The zero-order valence-corrected chi connectivity index (χ0v) is 13.5. The lowest BCUT2D eigenvalue weighted by molar-refractivity contribution is -0.133. The highest BCUT2D eigenvalue weighted by atomic mass is 35.5. The number of carbonyl (C=O) groups is 2. The zero-order valence-electron chi connectivity index (χ0n) is 12.0. The van der Waals surface area contributed by atoms with E-state index in [4.69, 9.17) is 23.2 Å². The minimum Gasteiger partial charge on any atom is -0.318 e. The molecule has 2 rings (SSSR count). The van der Waals surface area contributed by atoms with E-state index in [1.165, 1.54) is 0 Å². The Hall–Kier alpha value is -2.04. The van der Waals surface area contributed by atoms with Gasteiger partial charge in [0.2, 0.25) is 0 Å². The van der Waals surface area contributed by atoms with Gasteiger partial charge in [0, 0.05) is 10.7 Å². The molecule has 0 aromatic heterocycles. The van der Waals surface area contributed by atoms with Gasteiger partial charge in [0.1, 0.15) is 0 Å². The largest absolute Gasteiger partial charge is 0.318 e. The van der Waals surface area contributed by atoms with E-state index in [1.807, 2.05) is 19.9 Å². The number of halogens is 2. The Morgan fingerprint density at radius 2 is 1.64 bits per heavy atom. The quantitative estimate of drug-likeness (QED) is 0.808. The van der Waals surface area contributed by atoms with Crippen molar-refractivity contribution in [3.05, 3.63) is 57.6 Å². The summed E-state index contributed by atoms with van der Waals surface area (Å²) in [6, 6.07) is 10.1. The molecule has 2 aromatic rings. The highest BCUT2D eigenvalue weighted by Crippen LogP contribution is 2.27. The minimum atomic E-state index is -0.797. The second-order valence-corrected chi connectivity index (χ2v) is 5.70. The summed E-state index contributed by atoms with van der Waals surface area (Å²) < 4.78 is 0. The van der Waals surface area contributed by atoms with Crippen molar-refractivity contribution in [3.63, 3.8) is 0 Å². The van der Waals surface area contributed by atoms with Crippen molar-refractivity contribution in [2.24, 2.45) is 0 Å². The summed E-state index contributed by atoms with van der Waals surface area (Å²) in [5, 5.41) is 5.86. The van der Waals surface area contributed by atoms with Crippen molar-refractivity contribution in [2.45, 2.75) is 13.8 Å². The summed E-state index contributed by atoms with van der Waals surface area (Å²) in [7, 11) is 0. The number of hydrogen-bond donors (Lipinski definition) is 2. The SMILES string of the molecule is Cc1cc(C)c(NC(=O)C(=O)Nc2cccc(Cl)c2)c(Cl)c1. The first-order valence-corrected chi connectivity index (χ1v) is 7.27. The number of carbonyl (C=O) groups excluding carboxylic acids is 2. The van der Waals surface area contributed by atoms with E-state index in [0.29, 0.717) is 21.4 Å². The van der Waals surface area contributed by atoms with Crippen molar-refractivity contribution in [3.8, 4) is 0 Å². The molecular formula is C16H14Cl2N2O2. The highest BCUT2D eigenvalue weighted by molar-refractivity contribution is 6.45. The Morgan fingerprint density at radius 1 is 0.955 bits per heavy atom. The molecular weight excluding hydrogens is 323 g/mol. The first-order valence-electron chi connectivity index (χ1n) is 6.51. The molecule has 2 amide bonds. The van der Waals surface area contributed by atoms with Crippen LogP contribution in [-0.4, -0.2) is 11.8 Å². The van der Waals surface area contributed by atoms with E-state index in [9.17, 15) is 9.59 Å². The van der Waals surface area contributed by atoms with Crippen molar-refractivity contribution in [1.82, 2.24) is 0 Å². The van der Waals surface area contributed by atoms with Gasteiger partial charge < -0.3 is 10.6 Å². The second-order valence-electron chi connectivity index (χ2n) is 4.86. The summed E-state index contributed by atoms with van der Waals surface area (Å²) in [5.41, 5.74) is 2.63. The van der Waals surface area contributed by atoms with Crippen LogP contribution >= 0.6 is 23.2 Å². The fourth-order valence-corrected chi connectivity index (χ4v) is 2.56. The first-order chi connectivity index (χ1) is 10.4. The molecule has 6 heteroatoms. The molecule has 22 heavy (non-hydrogen) atoms. The van der Waals surface area contributed by atoms with Gasteiger partial charge in [-0.25, -0.2) is 0 Å². The highest BCUT2D eigenvalue weighted by Gasteiger charge is 2.17. The van der Waals surface area contributed by atoms with E-state index < -0.39 is 11.8 Å². The number of anilines is 2. The van der Waals surface area contributed by atoms with Gasteiger partial charge in [-0.3, -0.25) is 9.59 Å². The molecule has 2 N–H and O–H groups in total. The standard InChI is InChI=1S/C16H14Cl2N2O2/c1-9-6-10(2)14(13(18)7-9)20-16(22)15(21)19-12-5-3-4-11(17)8-12/h3-8H,1-2H3,(H,19,21)(H,20,22). The van der Waals surface area contributed by atoms with Crippen LogP contribution in [-0.2, 0) is 9.59 Å². The normalized spacial score (nSPS) is 10.2. The van der Waals surface area contributed by atoms with Crippen molar-refractivity contribution in [1.29, 1.82) is 0 Å². The van der Waals surface area contributed by atoms with E-state index >= 15 is 0 Å². The molecule has 0 radical (unpaired) electrons. The predicted octanol–water partition coefficient (Wildman–Crippen LogP) is 4.19. The summed E-state index contributed by atoms with van der Waals surface area (Å²) in [5.74, 6) is -1.59. The molecule has 4 nitrogen and oxygen atoms in total. The van der Waals surface area contributed by atoms with Gasteiger partial charge in [-0.15, -0.1) is 0 Å². The summed E-state index contributed by atoms with van der Waals surface area (Å²) in [6.07, 6.45) is 0. The van der Waals surface area contributed by atoms with Gasteiger partial charge in [-0.05, 0) is 49.2 Å². The Labute approximate surface area is 138 Å². The first kappa shape index (κ1) is 16.3. The van der Waals surface area contributed by atoms with Crippen molar-refractivity contribution in [2.75, 3.05) is 10.6 Å². The molecule has 0 fully saturated rings. The molecule has 0 saturated carbocycles. The molecule has 0 aliphatic rings. The van der Waals surface area contributed by atoms with Crippen LogP contribution in [0.1, 0.15) is 11.1 Å². The Balaban J connectivity index is 2.11. The zero-order chi connectivity index (χ0) is 16.3. The van der Waals surface area contributed by atoms with Gasteiger partial charge in [-0.2, -0.15) is 0 Å². The van der Waals surface area contributed by atoms with Gasteiger partial charge in [0.05, 0.1) is 10.7 Å². The third-order valence-corrected chi connectivity index (χ3v) is 3.49. The lowest BCUT2D eigenvalue weighted by atomic mass is 10.1. The Kier molecular flexibility index (Phi) is 5.06. The molecule has 0 spiro atoms. The average Bonchev–Trinajstić information content (AvgIpc) is 2.42. The van der Waals surface area contributed by atoms with Crippen LogP contribution in [0.4, 0.5) is 11.4 Å². The lowest BCUT2D eigenvalue weighted by Crippen LogP contribution is -2.29. The van der Waals surface area contributed by atoms with Gasteiger partial charge in [0.25, 0.3) is 0 Å². The maximum Gasteiger partial charge on any atom is 0.314 e. The van der Waals surface area contributed by atoms with E-state index in [0.717, 1.165) is 11.1 Å². The van der Waals surface area contributed by atoms with Crippen molar-refractivity contribution < 1.29 is 9.59 Å². The Bertz CT molecular complexity index is 722. The fourth-order valence-electron chi connectivity index (χ4n) is 2.00. The van der Waals surface area contributed by atoms with Crippen LogP contribution in [0.15, 0.2) is 36.4 Å². The van der Waals surface area contributed by atoms with Gasteiger partial charge >= 0.3 is 11.8 Å². The molecule has 0 unspecified atom stereocenters. The number of amides is 2. The molecule has 2 aromatic carbocycles. The molecule has 0 saturated heterocycles. The molecule has 114 valence electrons. The van der Waals surface area contributed by atoms with Crippen LogP contribution in [0.5, 0.6) is 0 Å². The van der Waals surface area contributed by atoms with E-state index in [1.54, 1.807) is 30.3 Å². The maximum absolute atomic E-state index is 12.0. The monoisotopic (exact) mass is 336 g/mol. The number of aryl methyl sites for hydroxylation is 2. The van der Waals surface area contributed by atoms with E-state index in [-0.39, 0.29) is 0 Å². The molecule has 0 heterocycles. The summed E-state index contributed by atoms with van der Waals surface area (Å²) in [4.78, 5) is 23.9. The maximum atomic E-state index is 12.0. The second kappa shape index (κ2) is 6.81. The number of rotatable bonds is 2. The van der Waals surface area contributed by atoms with Crippen LogP contribution in [0, 0.1) is 13.8 Å². The molecule has 0 aliphatic heterocycles. The summed E-state index contributed by atoms with van der Waals surface area (Å²) >= 11 is 11.9. The van der Waals surface area contributed by atoms with Gasteiger partial charge in [0.15, 0.2) is 0 Å². The molecule has 0 aliphatic carbocycles. The average molecular weight is 337 g/mol. The van der Waals surface area contributed by atoms with Crippen LogP contribution in [0.2, 0.25) is 10.0 Å². The van der Waals surface area contributed by atoms with Crippen molar-refractivity contribution >= 4 is 46.4 Å². The van der Waals surface area contributed by atoms with Crippen LogP contribution in [0.3, 0.4) is 0 Å². The number of nitrogens with one attached hydrogen (secondary N) is 2.